The van der Waals surface area contributed by atoms with Crippen molar-refractivity contribution in [1.29, 1.82) is 0 Å². The van der Waals surface area contributed by atoms with E-state index in [4.69, 9.17) is 16.3 Å². The van der Waals surface area contributed by atoms with Crippen LogP contribution in [0.5, 0.6) is 5.75 Å². The topological polar surface area (TPSA) is 84.5 Å². The number of rotatable bonds is 7. The maximum absolute atomic E-state index is 12.4. The summed E-state index contributed by atoms with van der Waals surface area (Å²) < 4.78 is 32.5. The lowest BCUT2D eigenvalue weighted by atomic mass is 10.3. The Hall–Kier alpha value is -2.25. The fraction of sp³-hybridized carbons (Fsp3) is 0.188. The third kappa shape index (κ3) is 4.87. The Kier molecular flexibility index (Phi) is 6.05. The predicted octanol–water partition coefficient (Wildman–Crippen LogP) is 2.66. The van der Waals surface area contributed by atoms with E-state index in [1.165, 1.54) is 18.2 Å². The van der Waals surface area contributed by atoms with E-state index in [0.717, 1.165) is 0 Å². The highest BCUT2D eigenvalue weighted by molar-refractivity contribution is 7.92. The molecule has 0 fully saturated rings. The minimum atomic E-state index is -3.82. The van der Waals surface area contributed by atoms with Gasteiger partial charge >= 0.3 is 0 Å². The van der Waals surface area contributed by atoms with Crippen molar-refractivity contribution in [2.24, 2.45) is 0 Å². The second-order valence-corrected chi connectivity index (χ2v) is 6.86. The Labute approximate surface area is 145 Å². The highest BCUT2D eigenvalue weighted by atomic mass is 35.5. The normalized spacial score (nSPS) is 10.9. The summed E-state index contributed by atoms with van der Waals surface area (Å²) in [5.41, 5.74) is 0.309. The molecule has 0 saturated carbocycles. The highest BCUT2D eigenvalue weighted by Crippen LogP contribution is 2.25. The van der Waals surface area contributed by atoms with Gasteiger partial charge in [-0.1, -0.05) is 29.8 Å². The number of carbonyl (C=O) groups excluding carboxylic acids is 1. The molecular weight excluding hydrogens is 352 g/mol. The summed E-state index contributed by atoms with van der Waals surface area (Å²) in [4.78, 5) is 11.4. The van der Waals surface area contributed by atoms with E-state index in [0.29, 0.717) is 18.0 Å². The van der Waals surface area contributed by atoms with E-state index >= 15 is 0 Å². The Morgan fingerprint density at radius 2 is 1.92 bits per heavy atom. The average molecular weight is 369 g/mol. The molecule has 8 heteroatoms. The zero-order valence-corrected chi connectivity index (χ0v) is 14.5. The Morgan fingerprint density at radius 3 is 2.62 bits per heavy atom. The summed E-state index contributed by atoms with van der Waals surface area (Å²) in [5.74, 6) is 0.125. The van der Waals surface area contributed by atoms with Crippen LogP contribution in [0.1, 0.15) is 6.92 Å². The third-order valence-electron chi connectivity index (χ3n) is 2.96. The number of likely N-dealkylation sites (N-methyl/N-ethyl adjacent to an activating group) is 1. The molecule has 2 aromatic carbocycles. The maximum atomic E-state index is 12.4. The molecule has 2 N–H and O–H groups in total. The van der Waals surface area contributed by atoms with Gasteiger partial charge in [0.2, 0.25) is 0 Å². The molecule has 0 aromatic heterocycles. The van der Waals surface area contributed by atoms with Gasteiger partial charge in [-0.3, -0.25) is 9.52 Å². The van der Waals surface area contributed by atoms with E-state index in [1.807, 2.05) is 6.92 Å². The Balaban J connectivity index is 2.12. The molecular formula is C16H17ClN2O4S. The molecule has 0 atom stereocenters. The Bertz CT molecular complexity index is 824. The molecule has 0 saturated heterocycles. The SMILES string of the molecule is CCNC(=O)COc1cccc(NS(=O)(=O)c2ccccc2Cl)c1. The van der Waals surface area contributed by atoms with Crippen molar-refractivity contribution in [3.05, 3.63) is 53.6 Å². The van der Waals surface area contributed by atoms with Crippen molar-refractivity contribution in [2.45, 2.75) is 11.8 Å². The van der Waals surface area contributed by atoms with Gasteiger partial charge in [-0.15, -0.1) is 0 Å². The standard InChI is InChI=1S/C16H17ClN2O4S/c1-2-18-16(20)11-23-13-7-5-6-12(10-13)19-24(21,22)15-9-4-3-8-14(15)17/h3-10,19H,2,11H2,1H3,(H,18,20). The average Bonchev–Trinajstić information content (AvgIpc) is 2.53. The van der Waals surface area contributed by atoms with Crippen molar-refractivity contribution in [3.8, 4) is 5.75 Å². The first kappa shape index (κ1) is 18.1. The van der Waals surface area contributed by atoms with Gasteiger partial charge in [0.1, 0.15) is 10.6 Å². The molecule has 0 bridgehead atoms. The van der Waals surface area contributed by atoms with Gasteiger partial charge in [0, 0.05) is 12.6 Å². The second kappa shape index (κ2) is 8.03. The first-order valence-corrected chi connectivity index (χ1v) is 9.05. The fourth-order valence-corrected chi connectivity index (χ4v) is 3.49. The lowest BCUT2D eigenvalue weighted by molar-refractivity contribution is -0.122. The number of halogens is 1. The number of hydrogen-bond donors (Lipinski definition) is 2. The van der Waals surface area contributed by atoms with Gasteiger partial charge in [0.25, 0.3) is 15.9 Å². The summed E-state index contributed by atoms with van der Waals surface area (Å²) in [6, 6.07) is 12.5. The minimum Gasteiger partial charge on any atom is -0.484 e. The van der Waals surface area contributed by atoms with Crippen molar-refractivity contribution in [1.82, 2.24) is 5.32 Å². The van der Waals surface area contributed by atoms with E-state index < -0.39 is 10.0 Å². The lowest BCUT2D eigenvalue weighted by Gasteiger charge is -2.11. The Morgan fingerprint density at radius 1 is 1.17 bits per heavy atom. The van der Waals surface area contributed by atoms with Crippen LogP contribution in [0.3, 0.4) is 0 Å². The van der Waals surface area contributed by atoms with Gasteiger partial charge in [-0.05, 0) is 31.2 Å². The summed E-state index contributed by atoms with van der Waals surface area (Å²) in [7, 11) is -3.82. The molecule has 0 aliphatic carbocycles. The third-order valence-corrected chi connectivity index (χ3v) is 4.84. The maximum Gasteiger partial charge on any atom is 0.263 e. The first-order chi connectivity index (χ1) is 11.4. The number of sulfonamides is 1. The van der Waals surface area contributed by atoms with Crippen LogP contribution in [0.25, 0.3) is 0 Å². The van der Waals surface area contributed by atoms with Gasteiger partial charge in [0.15, 0.2) is 6.61 Å². The van der Waals surface area contributed by atoms with Crippen molar-refractivity contribution < 1.29 is 17.9 Å². The number of benzene rings is 2. The van der Waals surface area contributed by atoms with Crippen LogP contribution in [0.2, 0.25) is 5.02 Å². The van der Waals surface area contributed by atoms with Crippen LogP contribution in [-0.2, 0) is 14.8 Å². The zero-order valence-electron chi connectivity index (χ0n) is 13.0. The van der Waals surface area contributed by atoms with Crippen LogP contribution in [0, 0.1) is 0 Å². The fourth-order valence-electron chi connectivity index (χ4n) is 1.92. The van der Waals surface area contributed by atoms with Crippen molar-refractivity contribution in [3.63, 3.8) is 0 Å². The van der Waals surface area contributed by atoms with E-state index in [1.54, 1.807) is 30.3 Å². The number of anilines is 1. The number of carbonyl (C=O) groups is 1. The van der Waals surface area contributed by atoms with Gasteiger partial charge in [-0.2, -0.15) is 0 Å². The monoisotopic (exact) mass is 368 g/mol. The van der Waals surface area contributed by atoms with Crippen LogP contribution in [0.4, 0.5) is 5.69 Å². The largest absolute Gasteiger partial charge is 0.484 e. The molecule has 0 aliphatic rings. The molecule has 2 rings (SSSR count). The zero-order chi connectivity index (χ0) is 17.6. The summed E-state index contributed by atoms with van der Waals surface area (Å²) in [6.07, 6.45) is 0. The van der Waals surface area contributed by atoms with Crippen LogP contribution >= 0.6 is 11.6 Å². The van der Waals surface area contributed by atoms with Gasteiger partial charge in [-0.25, -0.2) is 8.42 Å². The molecule has 0 spiro atoms. The summed E-state index contributed by atoms with van der Waals surface area (Å²) in [6.45, 7) is 2.18. The summed E-state index contributed by atoms with van der Waals surface area (Å²) >= 11 is 5.93. The second-order valence-electron chi connectivity index (χ2n) is 4.81. The number of ether oxygens (including phenoxy) is 1. The number of amides is 1. The molecule has 6 nitrogen and oxygen atoms in total. The van der Waals surface area contributed by atoms with Crippen molar-refractivity contribution >= 4 is 33.2 Å². The molecule has 0 heterocycles. The first-order valence-electron chi connectivity index (χ1n) is 7.19. The highest BCUT2D eigenvalue weighted by Gasteiger charge is 2.17. The predicted molar refractivity (Wildman–Crippen MR) is 92.9 cm³/mol. The molecule has 0 aliphatic heterocycles. The van der Waals surface area contributed by atoms with E-state index in [2.05, 4.69) is 10.0 Å². The quantitative estimate of drug-likeness (QED) is 0.786. The molecule has 0 radical (unpaired) electrons. The van der Waals surface area contributed by atoms with Crippen molar-refractivity contribution in [2.75, 3.05) is 17.9 Å². The number of nitrogens with one attached hydrogen (secondary N) is 2. The lowest BCUT2D eigenvalue weighted by Crippen LogP contribution is -2.28. The summed E-state index contributed by atoms with van der Waals surface area (Å²) in [5, 5.41) is 2.74. The molecule has 2 aromatic rings. The van der Waals surface area contributed by atoms with E-state index in [-0.39, 0.29) is 22.4 Å². The smallest absolute Gasteiger partial charge is 0.263 e. The molecule has 128 valence electrons. The van der Waals surface area contributed by atoms with Crippen LogP contribution in [-0.4, -0.2) is 27.5 Å². The molecule has 1 amide bonds. The molecule has 0 unspecified atom stereocenters. The van der Waals surface area contributed by atoms with Gasteiger partial charge < -0.3 is 10.1 Å². The minimum absolute atomic E-state index is 0.0136. The van der Waals surface area contributed by atoms with Gasteiger partial charge in [0.05, 0.1) is 10.7 Å². The van der Waals surface area contributed by atoms with Crippen LogP contribution in [0.15, 0.2) is 53.4 Å². The number of hydrogen-bond acceptors (Lipinski definition) is 4. The molecule has 24 heavy (non-hydrogen) atoms. The van der Waals surface area contributed by atoms with E-state index in [9.17, 15) is 13.2 Å². The van der Waals surface area contributed by atoms with Crippen LogP contribution < -0.4 is 14.8 Å².